The highest BCUT2D eigenvalue weighted by Gasteiger charge is 2.31. The molecule has 268 valence electrons. The summed E-state index contributed by atoms with van der Waals surface area (Å²) in [5.41, 5.74) is 2.52. The normalized spacial score (nSPS) is 14.3. The molecular formula is C38H55N5O6. The Kier molecular flexibility index (Phi) is 16.1. The van der Waals surface area contributed by atoms with E-state index in [1.807, 2.05) is 89.2 Å². The highest BCUT2D eigenvalue weighted by Crippen LogP contribution is 2.20. The lowest BCUT2D eigenvalue weighted by atomic mass is 9.96. The summed E-state index contributed by atoms with van der Waals surface area (Å²) in [6.07, 6.45) is 3.11. The van der Waals surface area contributed by atoms with Gasteiger partial charge in [-0.2, -0.15) is 0 Å². The number of rotatable bonds is 20. The van der Waals surface area contributed by atoms with Gasteiger partial charge in [-0.15, -0.1) is 0 Å². The van der Waals surface area contributed by atoms with Crippen LogP contribution in [0.15, 0.2) is 60.8 Å². The molecule has 0 bridgehead atoms. The zero-order valence-electron chi connectivity index (χ0n) is 29.6. The van der Waals surface area contributed by atoms with Gasteiger partial charge in [-0.25, -0.2) is 4.79 Å². The van der Waals surface area contributed by atoms with E-state index < -0.39 is 42.1 Å². The Bertz CT molecular complexity index is 1480. The molecule has 49 heavy (non-hydrogen) atoms. The number of carbonyl (C=O) groups is 4. The molecule has 4 amide bonds. The van der Waals surface area contributed by atoms with Crippen LogP contribution >= 0.6 is 0 Å². The lowest BCUT2D eigenvalue weighted by molar-refractivity contribution is -0.131. The van der Waals surface area contributed by atoms with E-state index >= 15 is 0 Å². The van der Waals surface area contributed by atoms with Gasteiger partial charge >= 0.3 is 6.09 Å². The predicted molar refractivity (Wildman–Crippen MR) is 191 cm³/mol. The summed E-state index contributed by atoms with van der Waals surface area (Å²) in [7, 11) is 0. The van der Waals surface area contributed by atoms with Gasteiger partial charge in [-0.05, 0) is 41.9 Å². The fourth-order valence-corrected chi connectivity index (χ4v) is 5.53. The first kappa shape index (κ1) is 39.1. The number of hydrogen-bond acceptors (Lipinski definition) is 6. The first-order valence-electron chi connectivity index (χ1n) is 17.6. The average molecular weight is 678 g/mol. The summed E-state index contributed by atoms with van der Waals surface area (Å²) < 4.78 is 5.44. The summed E-state index contributed by atoms with van der Waals surface area (Å²) in [6.45, 7) is 10.6. The second-order valence-corrected chi connectivity index (χ2v) is 13.4. The largest absolute Gasteiger partial charge is 0.445 e. The Balaban J connectivity index is 1.76. The highest BCUT2D eigenvalue weighted by atomic mass is 16.5. The highest BCUT2D eigenvalue weighted by molar-refractivity contribution is 5.92. The van der Waals surface area contributed by atoms with Gasteiger partial charge in [-0.3, -0.25) is 14.4 Å². The number of aliphatic hydroxyl groups is 1. The van der Waals surface area contributed by atoms with Crippen LogP contribution in [0.5, 0.6) is 0 Å². The van der Waals surface area contributed by atoms with Crippen LogP contribution < -0.4 is 21.3 Å². The molecular weight excluding hydrogens is 622 g/mol. The molecule has 0 saturated heterocycles. The minimum atomic E-state index is -1.11. The lowest BCUT2D eigenvalue weighted by Gasteiger charge is -2.29. The quantitative estimate of drug-likeness (QED) is 0.0973. The molecule has 2 aromatic carbocycles. The van der Waals surface area contributed by atoms with Crippen molar-refractivity contribution in [3.8, 4) is 0 Å². The molecule has 3 aromatic rings. The summed E-state index contributed by atoms with van der Waals surface area (Å²) in [4.78, 5) is 56.4. The van der Waals surface area contributed by atoms with Crippen molar-refractivity contribution in [2.24, 2.45) is 11.8 Å². The topological polar surface area (TPSA) is 162 Å². The number of nitrogens with one attached hydrogen (secondary N) is 5. The minimum absolute atomic E-state index is 0.0326. The van der Waals surface area contributed by atoms with Crippen LogP contribution in [0.2, 0.25) is 0 Å². The third-order valence-corrected chi connectivity index (χ3v) is 8.66. The molecule has 0 radical (unpaired) electrons. The maximum absolute atomic E-state index is 13.9. The number of para-hydroxylation sites is 1. The van der Waals surface area contributed by atoms with Crippen LogP contribution in [-0.4, -0.2) is 64.7 Å². The van der Waals surface area contributed by atoms with Crippen LogP contribution in [-0.2, 0) is 32.1 Å². The van der Waals surface area contributed by atoms with Crippen LogP contribution in [0.3, 0.4) is 0 Å². The van der Waals surface area contributed by atoms with E-state index in [1.165, 1.54) is 0 Å². The third-order valence-electron chi connectivity index (χ3n) is 8.66. The van der Waals surface area contributed by atoms with Crippen molar-refractivity contribution in [1.29, 1.82) is 0 Å². The van der Waals surface area contributed by atoms with Gasteiger partial charge in [-0.1, -0.05) is 102 Å². The number of fused-ring (bicyclic) bond motifs is 1. The third kappa shape index (κ3) is 13.2. The van der Waals surface area contributed by atoms with Gasteiger partial charge in [0.2, 0.25) is 17.7 Å². The Morgan fingerprint density at radius 2 is 1.57 bits per heavy atom. The molecule has 0 fully saturated rings. The Labute approximate surface area is 290 Å². The summed E-state index contributed by atoms with van der Waals surface area (Å²) in [5.74, 6) is -0.835. The molecule has 0 aliphatic heterocycles. The molecule has 5 atom stereocenters. The van der Waals surface area contributed by atoms with E-state index in [0.29, 0.717) is 31.7 Å². The number of carbonyl (C=O) groups excluding carboxylic acids is 4. The molecule has 0 spiro atoms. The molecule has 0 saturated carbocycles. The van der Waals surface area contributed by atoms with E-state index in [0.717, 1.165) is 34.9 Å². The Hall–Kier alpha value is -4.38. The Morgan fingerprint density at radius 3 is 2.27 bits per heavy atom. The lowest BCUT2D eigenvalue weighted by Crippen LogP contribution is -2.57. The van der Waals surface area contributed by atoms with E-state index in [-0.39, 0.29) is 31.3 Å². The van der Waals surface area contributed by atoms with Crippen molar-refractivity contribution >= 4 is 34.7 Å². The second-order valence-electron chi connectivity index (χ2n) is 13.4. The molecule has 11 heteroatoms. The van der Waals surface area contributed by atoms with E-state index in [4.69, 9.17) is 4.74 Å². The smallest absolute Gasteiger partial charge is 0.408 e. The molecule has 3 unspecified atom stereocenters. The van der Waals surface area contributed by atoms with Crippen LogP contribution in [0.4, 0.5) is 4.79 Å². The molecule has 11 nitrogen and oxygen atoms in total. The van der Waals surface area contributed by atoms with Gasteiger partial charge < -0.3 is 36.1 Å². The summed E-state index contributed by atoms with van der Waals surface area (Å²) >= 11 is 0. The number of aliphatic hydroxyl groups excluding tert-OH is 1. The second kappa shape index (κ2) is 20.2. The van der Waals surface area contributed by atoms with Crippen molar-refractivity contribution in [2.45, 2.75) is 110 Å². The average Bonchev–Trinajstić information content (AvgIpc) is 3.50. The SMILES string of the molecule is CCCC[C@H](NC(=O)[C@H](Cc1c[nH]c2ccccc12)NC(=O)OCc1ccccc1)C(=O)NC(CC(C)C)C(O)CC(=O)NCC(C)CC. The predicted octanol–water partition coefficient (Wildman–Crippen LogP) is 5.12. The zero-order chi connectivity index (χ0) is 35.8. The van der Waals surface area contributed by atoms with Gasteiger partial charge in [0.05, 0.1) is 18.6 Å². The van der Waals surface area contributed by atoms with Gasteiger partial charge in [0.25, 0.3) is 0 Å². The molecule has 6 N–H and O–H groups in total. The van der Waals surface area contributed by atoms with Gasteiger partial charge in [0, 0.05) is 30.1 Å². The fraction of sp³-hybridized carbons (Fsp3) is 0.526. The molecule has 3 rings (SSSR count). The number of benzene rings is 2. The fourth-order valence-electron chi connectivity index (χ4n) is 5.53. The summed E-state index contributed by atoms with van der Waals surface area (Å²) in [5, 5.41) is 23.4. The van der Waals surface area contributed by atoms with Crippen LogP contribution in [0.25, 0.3) is 10.9 Å². The number of aromatic amines is 1. The number of alkyl carbamates (subject to hydrolysis) is 1. The van der Waals surface area contributed by atoms with Crippen molar-refractivity contribution in [2.75, 3.05) is 6.54 Å². The number of hydrogen-bond donors (Lipinski definition) is 6. The molecule has 0 aliphatic carbocycles. The maximum Gasteiger partial charge on any atom is 0.408 e. The number of unbranched alkanes of at least 4 members (excludes halogenated alkanes) is 1. The standard InChI is InChI=1S/C38H55N5O6/c1-6-8-17-31(36(46)42-32(19-25(3)4)34(44)21-35(45)40-22-26(5)7-2)41-37(47)33(20-28-23-39-30-18-13-12-16-29(28)30)43-38(48)49-24-27-14-10-9-11-15-27/h9-16,18,23,25-26,31-34,39,44H,6-8,17,19-22,24H2,1-5H3,(H,40,45)(H,41,47)(H,42,46)(H,43,48)/t26?,31-,32?,33-,34?/m0/s1. The Morgan fingerprint density at radius 1 is 0.878 bits per heavy atom. The van der Waals surface area contributed by atoms with Gasteiger partial charge in [0.15, 0.2) is 0 Å². The first-order chi connectivity index (χ1) is 23.5. The number of H-pyrrole nitrogens is 1. The van der Waals surface area contributed by atoms with Crippen molar-refractivity contribution < 1.29 is 29.0 Å². The minimum Gasteiger partial charge on any atom is -0.445 e. The number of amides is 4. The first-order valence-corrected chi connectivity index (χ1v) is 17.6. The number of ether oxygens (including phenoxy) is 1. The zero-order valence-corrected chi connectivity index (χ0v) is 29.6. The molecule has 1 heterocycles. The van der Waals surface area contributed by atoms with Crippen molar-refractivity contribution in [3.05, 3.63) is 71.9 Å². The molecule has 0 aliphatic rings. The van der Waals surface area contributed by atoms with Crippen molar-refractivity contribution in [3.63, 3.8) is 0 Å². The van der Waals surface area contributed by atoms with Crippen LogP contribution in [0.1, 0.15) is 84.3 Å². The summed E-state index contributed by atoms with van der Waals surface area (Å²) in [6, 6.07) is 14.2. The van der Waals surface area contributed by atoms with E-state index in [1.54, 1.807) is 6.20 Å². The van der Waals surface area contributed by atoms with E-state index in [2.05, 4.69) is 26.3 Å². The van der Waals surface area contributed by atoms with Gasteiger partial charge in [0.1, 0.15) is 18.7 Å². The number of aromatic nitrogens is 1. The monoisotopic (exact) mass is 677 g/mol. The maximum atomic E-state index is 13.9. The van der Waals surface area contributed by atoms with Crippen LogP contribution in [0, 0.1) is 11.8 Å². The van der Waals surface area contributed by atoms with Crippen molar-refractivity contribution in [1.82, 2.24) is 26.3 Å². The molecule has 1 aromatic heterocycles. The van der Waals surface area contributed by atoms with E-state index in [9.17, 15) is 24.3 Å².